The molecule has 26 heavy (non-hydrogen) atoms. The second kappa shape index (κ2) is 6.49. The summed E-state index contributed by atoms with van der Waals surface area (Å²) in [5, 5.41) is 24.6. The summed E-state index contributed by atoms with van der Waals surface area (Å²) >= 11 is 1.54. The monoisotopic (exact) mass is 367 g/mol. The molecule has 0 unspecified atom stereocenters. The number of thiophene rings is 1. The molecule has 8 heteroatoms. The summed E-state index contributed by atoms with van der Waals surface area (Å²) in [5.74, 6) is -1.07. The molecule has 3 aromatic heterocycles. The molecule has 3 aromatic rings. The number of nitrogens with zero attached hydrogens (tertiary/aromatic N) is 2. The highest BCUT2D eigenvalue weighted by Crippen LogP contribution is 2.38. The third-order valence-corrected chi connectivity index (χ3v) is 4.71. The Kier molecular flexibility index (Phi) is 4.02. The molecule has 0 aliphatic carbocycles. The van der Waals surface area contributed by atoms with Crippen molar-refractivity contribution in [3.63, 3.8) is 0 Å². The minimum absolute atomic E-state index is 0.0107. The van der Waals surface area contributed by atoms with Gasteiger partial charge in [0.2, 0.25) is 5.88 Å². The van der Waals surface area contributed by atoms with Gasteiger partial charge in [-0.3, -0.25) is 0 Å². The lowest BCUT2D eigenvalue weighted by molar-refractivity contribution is 0.0694. The maximum atomic E-state index is 11.5. The number of hydrogen-bond acceptors (Lipinski definition) is 7. The van der Waals surface area contributed by atoms with Crippen LogP contribution in [0.1, 0.15) is 26.6 Å². The topological polar surface area (TPSA) is 108 Å². The Balaban J connectivity index is 1.69. The zero-order valence-corrected chi connectivity index (χ0v) is 14.2. The van der Waals surface area contributed by atoms with Crippen molar-refractivity contribution in [1.29, 1.82) is 0 Å². The molecule has 0 spiro atoms. The van der Waals surface area contributed by atoms with E-state index in [1.807, 2.05) is 23.6 Å². The Morgan fingerprint density at radius 2 is 2.23 bits per heavy atom. The van der Waals surface area contributed by atoms with Gasteiger partial charge < -0.3 is 19.9 Å². The van der Waals surface area contributed by atoms with E-state index in [4.69, 9.17) is 4.42 Å². The smallest absolute Gasteiger partial charge is 0.345 e. The molecule has 0 saturated heterocycles. The van der Waals surface area contributed by atoms with Crippen molar-refractivity contribution in [2.75, 3.05) is 5.32 Å². The van der Waals surface area contributed by atoms with Crippen LogP contribution in [0.2, 0.25) is 0 Å². The fourth-order valence-electron chi connectivity index (χ4n) is 2.62. The van der Waals surface area contributed by atoms with Crippen LogP contribution in [0.5, 0.6) is 5.75 Å². The number of allylic oxidation sites excluding steroid dienone is 1. The number of nitrogens with one attached hydrogen (secondary N) is 1. The van der Waals surface area contributed by atoms with Crippen LogP contribution in [0.3, 0.4) is 0 Å². The molecule has 0 saturated carbocycles. The number of aromatic carboxylic acids is 1. The van der Waals surface area contributed by atoms with Crippen LogP contribution in [0.25, 0.3) is 11.6 Å². The van der Waals surface area contributed by atoms with Crippen LogP contribution >= 0.6 is 11.3 Å². The maximum Gasteiger partial charge on any atom is 0.345 e. The standard InChI is InChI=1S/C18H13N3O4S/c22-15-13(7-10-8-20-16-12(10)4-1-5-19-16)25-17(14(15)18(23)24)21-9-11-3-2-6-26-11/h1-8,21-22H,9H2,(H,23,24). The number of furan rings is 1. The molecule has 0 amide bonds. The van der Waals surface area contributed by atoms with Gasteiger partial charge in [0.15, 0.2) is 22.9 Å². The molecule has 1 aliphatic rings. The number of aliphatic imine (C=N–C) groups is 1. The van der Waals surface area contributed by atoms with Crippen molar-refractivity contribution in [2.24, 2.45) is 4.99 Å². The SMILES string of the molecule is O=C(O)c1c(NCc2cccs2)oc(C=C2C=Nc3ncccc32)c1O. The van der Waals surface area contributed by atoms with Crippen LogP contribution < -0.4 is 5.32 Å². The van der Waals surface area contributed by atoms with Gasteiger partial charge in [-0.1, -0.05) is 6.07 Å². The number of aromatic hydroxyl groups is 1. The number of rotatable bonds is 5. The largest absolute Gasteiger partial charge is 0.504 e. The molecule has 130 valence electrons. The van der Waals surface area contributed by atoms with E-state index in [-0.39, 0.29) is 17.2 Å². The van der Waals surface area contributed by atoms with Crippen LogP contribution in [0.15, 0.2) is 45.3 Å². The zero-order valence-electron chi connectivity index (χ0n) is 13.3. The molecule has 7 nitrogen and oxygen atoms in total. The minimum Gasteiger partial charge on any atom is -0.504 e. The fourth-order valence-corrected chi connectivity index (χ4v) is 3.27. The van der Waals surface area contributed by atoms with Crippen molar-refractivity contribution in [3.05, 3.63) is 57.6 Å². The third-order valence-electron chi connectivity index (χ3n) is 3.84. The van der Waals surface area contributed by atoms with E-state index in [1.54, 1.807) is 24.6 Å². The van der Waals surface area contributed by atoms with E-state index in [9.17, 15) is 15.0 Å². The van der Waals surface area contributed by atoms with Crippen LogP contribution in [0, 0.1) is 0 Å². The molecular formula is C18H13N3O4S. The molecule has 4 heterocycles. The van der Waals surface area contributed by atoms with Gasteiger partial charge in [-0.25, -0.2) is 14.8 Å². The van der Waals surface area contributed by atoms with E-state index < -0.39 is 11.7 Å². The first-order valence-electron chi connectivity index (χ1n) is 7.70. The van der Waals surface area contributed by atoms with Crippen LogP contribution in [0.4, 0.5) is 11.7 Å². The number of anilines is 1. The summed E-state index contributed by atoms with van der Waals surface area (Å²) in [5.41, 5.74) is 1.17. The number of aromatic nitrogens is 1. The lowest BCUT2D eigenvalue weighted by Crippen LogP contribution is -2.03. The summed E-state index contributed by atoms with van der Waals surface area (Å²) in [7, 11) is 0. The Morgan fingerprint density at radius 1 is 1.35 bits per heavy atom. The molecule has 1 aliphatic heterocycles. The Morgan fingerprint density at radius 3 is 3.00 bits per heavy atom. The quantitative estimate of drug-likeness (QED) is 0.629. The van der Waals surface area contributed by atoms with E-state index >= 15 is 0 Å². The van der Waals surface area contributed by atoms with E-state index in [2.05, 4.69) is 15.3 Å². The second-order valence-electron chi connectivity index (χ2n) is 5.49. The van der Waals surface area contributed by atoms with Crippen molar-refractivity contribution in [3.8, 4) is 5.75 Å². The normalized spacial score (nSPS) is 13.9. The van der Waals surface area contributed by atoms with Gasteiger partial charge in [-0.2, -0.15) is 0 Å². The van der Waals surface area contributed by atoms with Gasteiger partial charge in [0, 0.05) is 28.4 Å². The van der Waals surface area contributed by atoms with Crippen molar-refractivity contribution < 1.29 is 19.4 Å². The van der Waals surface area contributed by atoms with Crippen molar-refractivity contribution in [2.45, 2.75) is 6.54 Å². The predicted molar refractivity (Wildman–Crippen MR) is 99.2 cm³/mol. The average Bonchev–Trinajstić information content (AvgIpc) is 3.34. The maximum absolute atomic E-state index is 11.5. The number of carbonyl (C=O) groups is 1. The zero-order chi connectivity index (χ0) is 18.1. The lowest BCUT2D eigenvalue weighted by Gasteiger charge is -2.01. The highest BCUT2D eigenvalue weighted by atomic mass is 32.1. The summed E-state index contributed by atoms with van der Waals surface area (Å²) in [6.07, 6.45) is 4.78. The van der Waals surface area contributed by atoms with Gasteiger partial charge >= 0.3 is 5.97 Å². The molecule has 0 bridgehead atoms. The second-order valence-corrected chi connectivity index (χ2v) is 6.52. The Bertz CT molecular complexity index is 1030. The van der Waals surface area contributed by atoms with E-state index in [0.717, 1.165) is 10.4 Å². The first kappa shape index (κ1) is 16.1. The molecule has 0 radical (unpaired) electrons. The van der Waals surface area contributed by atoms with E-state index in [1.165, 1.54) is 11.3 Å². The average molecular weight is 367 g/mol. The predicted octanol–water partition coefficient (Wildman–Crippen LogP) is 4.01. The van der Waals surface area contributed by atoms with Gasteiger partial charge in [0.05, 0.1) is 6.54 Å². The molecule has 3 N–H and O–H groups in total. The van der Waals surface area contributed by atoms with Gasteiger partial charge in [-0.15, -0.1) is 11.3 Å². The van der Waals surface area contributed by atoms with Crippen molar-refractivity contribution >= 4 is 46.9 Å². The summed E-state index contributed by atoms with van der Waals surface area (Å²) in [4.78, 5) is 20.9. The fraction of sp³-hybridized carbons (Fsp3) is 0.0556. The van der Waals surface area contributed by atoms with E-state index in [0.29, 0.717) is 17.9 Å². The first-order valence-corrected chi connectivity index (χ1v) is 8.58. The number of carboxylic acid groups (broad SMARTS) is 1. The highest BCUT2D eigenvalue weighted by molar-refractivity contribution is 7.09. The summed E-state index contributed by atoms with van der Waals surface area (Å²) in [6.45, 7) is 0.398. The third kappa shape index (κ3) is 2.86. The first-order chi connectivity index (χ1) is 12.6. The number of hydrogen-bond donors (Lipinski definition) is 3. The summed E-state index contributed by atoms with van der Waals surface area (Å²) in [6, 6.07) is 7.44. The Hall–Kier alpha value is -3.39. The number of pyridine rings is 1. The lowest BCUT2D eigenvalue weighted by atomic mass is 10.1. The van der Waals surface area contributed by atoms with Crippen molar-refractivity contribution in [1.82, 2.24) is 4.98 Å². The van der Waals surface area contributed by atoms with Gasteiger partial charge in [0.25, 0.3) is 0 Å². The van der Waals surface area contributed by atoms with Crippen LogP contribution in [-0.4, -0.2) is 27.4 Å². The molecule has 0 aromatic carbocycles. The Labute approximate surface area is 152 Å². The van der Waals surface area contributed by atoms with Crippen LogP contribution in [-0.2, 0) is 6.54 Å². The van der Waals surface area contributed by atoms with Gasteiger partial charge in [-0.05, 0) is 29.7 Å². The number of fused-ring (bicyclic) bond motifs is 1. The molecule has 0 fully saturated rings. The summed E-state index contributed by atoms with van der Waals surface area (Å²) < 4.78 is 5.59. The molecule has 0 atom stereocenters. The molecular weight excluding hydrogens is 354 g/mol. The highest BCUT2D eigenvalue weighted by Gasteiger charge is 2.25. The van der Waals surface area contributed by atoms with Gasteiger partial charge in [0.1, 0.15) is 0 Å². The minimum atomic E-state index is -1.27. The molecule has 4 rings (SSSR count). The number of carboxylic acids is 1.